The normalized spacial score (nSPS) is 11.0. The number of nitrogens with two attached hydrogens (primary N) is 1. The van der Waals surface area contributed by atoms with Gasteiger partial charge in [-0.15, -0.1) is 0 Å². The van der Waals surface area contributed by atoms with E-state index in [-0.39, 0.29) is 16.4 Å². The first-order valence-electron chi connectivity index (χ1n) is 5.10. The Morgan fingerprint density at radius 2 is 2.31 bits per heavy atom. The zero-order valence-corrected chi connectivity index (χ0v) is 10.2. The molecule has 0 spiro atoms. The van der Waals surface area contributed by atoms with Gasteiger partial charge >= 0.3 is 0 Å². The van der Waals surface area contributed by atoms with Crippen LogP contribution in [0.4, 0.5) is 5.69 Å². The lowest BCUT2D eigenvalue weighted by Gasteiger charge is -2.08. The highest BCUT2D eigenvalue weighted by Crippen LogP contribution is 2.07. The molecule has 0 fully saturated rings. The van der Waals surface area contributed by atoms with Gasteiger partial charge in [-0.05, 0) is 5.92 Å². The molecule has 0 radical (unpaired) electrons. The molecule has 1 aromatic rings. The summed E-state index contributed by atoms with van der Waals surface area (Å²) in [5, 5.41) is 0.0457. The predicted octanol–water partition coefficient (Wildman–Crippen LogP) is 1.15. The van der Waals surface area contributed by atoms with Gasteiger partial charge in [0.1, 0.15) is 5.69 Å². The Hall–Kier alpha value is -1.07. The minimum Gasteiger partial charge on any atom is -0.392 e. The number of halogens is 1. The fourth-order valence-corrected chi connectivity index (χ4v) is 1.25. The lowest BCUT2D eigenvalue weighted by atomic mass is 10.2. The fraction of sp³-hybridized carbons (Fsp3) is 0.600. The van der Waals surface area contributed by atoms with E-state index >= 15 is 0 Å². The van der Waals surface area contributed by atoms with Crippen molar-refractivity contribution in [2.24, 2.45) is 5.92 Å². The van der Waals surface area contributed by atoms with Crippen molar-refractivity contribution in [3.63, 3.8) is 0 Å². The van der Waals surface area contributed by atoms with Crippen LogP contribution < -0.4 is 11.3 Å². The van der Waals surface area contributed by atoms with E-state index in [9.17, 15) is 4.79 Å². The molecule has 0 amide bonds. The number of hydrogen-bond donors (Lipinski definition) is 1. The summed E-state index contributed by atoms with van der Waals surface area (Å²) >= 11 is 5.61. The van der Waals surface area contributed by atoms with Gasteiger partial charge in [0.15, 0.2) is 5.15 Å². The van der Waals surface area contributed by atoms with Crippen LogP contribution in [0.2, 0.25) is 5.15 Å². The highest BCUT2D eigenvalue weighted by atomic mass is 35.5. The number of anilines is 1. The molecule has 0 aliphatic rings. The van der Waals surface area contributed by atoms with Gasteiger partial charge in [-0.25, -0.2) is 4.98 Å². The van der Waals surface area contributed by atoms with Gasteiger partial charge in [-0.2, -0.15) is 0 Å². The largest absolute Gasteiger partial charge is 0.392 e. The van der Waals surface area contributed by atoms with Crippen LogP contribution in [-0.4, -0.2) is 22.8 Å². The maximum atomic E-state index is 11.6. The average Bonchev–Trinajstić information content (AvgIpc) is 2.23. The van der Waals surface area contributed by atoms with Crippen molar-refractivity contribution in [3.05, 3.63) is 21.8 Å². The molecule has 2 N–H and O–H groups in total. The second-order valence-electron chi connectivity index (χ2n) is 3.92. The second kappa shape index (κ2) is 5.86. The van der Waals surface area contributed by atoms with Crippen LogP contribution in [-0.2, 0) is 11.3 Å². The minimum atomic E-state index is -0.326. The smallest absolute Gasteiger partial charge is 0.278 e. The number of hydrogen-bond acceptors (Lipinski definition) is 4. The molecule has 6 heteroatoms. The monoisotopic (exact) mass is 245 g/mol. The molecule has 16 heavy (non-hydrogen) atoms. The standard InChI is InChI=1S/C10H16ClN3O2/c1-7(2)5-16-4-3-14-6-13-9(11)8(12)10(14)15/h6-7H,3-5,12H2,1-2H3. The molecule has 90 valence electrons. The van der Waals surface area contributed by atoms with Crippen LogP contribution in [0.5, 0.6) is 0 Å². The van der Waals surface area contributed by atoms with Crippen LogP contribution in [0.15, 0.2) is 11.1 Å². The molecule has 0 bridgehead atoms. The summed E-state index contributed by atoms with van der Waals surface area (Å²) in [6.07, 6.45) is 1.37. The minimum absolute atomic E-state index is 0.0203. The van der Waals surface area contributed by atoms with Gasteiger partial charge in [0, 0.05) is 6.61 Å². The molecular formula is C10H16ClN3O2. The van der Waals surface area contributed by atoms with Crippen molar-refractivity contribution in [1.82, 2.24) is 9.55 Å². The highest BCUT2D eigenvalue weighted by Gasteiger charge is 2.05. The fourth-order valence-electron chi connectivity index (χ4n) is 1.13. The Morgan fingerprint density at radius 1 is 1.62 bits per heavy atom. The van der Waals surface area contributed by atoms with Crippen LogP contribution in [0.3, 0.4) is 0 Å². The number of nitrogen functional groups attached to an aromatic ring is 1. The van der Waals surface area contributed by atoms with Crippen LogP contribution in [0, 0.1) is 5.92 Å². The third kappa shape index (κ3) is 3.50. The molecule has 1 aromatic heterocycles. The Labute approximate surface area is 99.2 Å². The highest BCUT2D eigenvalue weighted by molar-refractivity contribution is 6.31. The number of rotatable bonds is 5. The van der Waals surface area contributed by atoms with Crippen molar-refractivity contribution >= 4 is 17.3 Å². The number of ether oxygens (including phenoxy) is 1. The zero-order valence-electron chi connectivity index (χ0n) is 9.44. The molecule has 0 aromatic carbocycles. The quantitative estimate of drug-likeness (QED) is 0.624. The van der Waals surface area contributed by atoms with E-state index in [0.717, 1.165) is 0 Å². The predicted molar refractivity (Wildman–Crippen MR) is 63.6 cm³/mol. The van der Waals surface area contributed by atoms with Crippen LogP contribution in [0.25, 0.3) is 0 Å². The molecule has 0 saturated carbocycles. The summed E-state index contributed by atoms with van der Waals surface area (Å²) in [5.74, 6) is 0.477. The first-order chi connectivity index (χ1) is 7.52. The van der Waals surface area contributed by atoms with E-state index in [0.29, 0.717) is 25.7 Å². The van der Waals surface area contributed by atoms with Crippen molar-refractivity contribution in [2.45, 2.75) is 20.4 Å². The third-order valence-corrected chi connectivity index (χ3v) is 2.25. The summed E-state index contributed by atoms with van der Waals surface area (Å²) in [7, 11) is 0. The first-order valence-corrected chi connectivity index (χ1v) is 5.48. The van der Waals surface area contributed by atoms with Crippen molar-refractivity contribution < 1.29 is 4.74 Å². The number of aromatic nitrogens is 2. The average molecular weight is 246 g/mol. The summed E-state index contributed by atoms with van der Waals surface area (Å²) < 4.78 is 6.75. The van der Waals surface area contributed by atoms with Gasteiger partial charge in [-0.3, -0.25) is 9.36 Å². The van der Waals surface area contributed by atoms with Crippen LogP contribution in [0.1, 0.15) is 13.8 Å². The molecule has 0 saturated heterocycles. The van der Waals surface area contributed by atoms with E-state index < -0.39 is 0 Å². The molecular weight excluding hydrogens is 230 g/mol. The Kier molecular flexibility index (Phi) is 4.76. The van der Waals surface area contributed by atoms with E-state index in [1.165, 1.54) is 10.9 Å². The summed E-state index contributed by atoms with van der Waals surface area (Å²) in [6.45, 7) is 5.69. The summed E-state index contributed by atoms with van der Waals surface area (Å²) in [5.41, 5.74) is 5.12. The zero-order chi connectivity index (χ0) is 12.1. The lowest BCUT2D eigenvalue weighted by molar-refractivity contribution is 0.102. The SMILES string of the molecule is CC(C)COCCn1cnc(Cl)c(N)c1=O. The van der Waals surface area contributed by atoms with Gasteiger partial charge in [-0.1, -0.05) is 25.4 Å². The van der Waals surface area contributed by atoms with Crippen molar-refractivity contribution in [3.8, 4) is 0 Å². The molecule has 1 rings (SSSR count). The van der Waals surface area contributed by atoms with Gasteiger partial charge in [0.25, 0.3) is 5.56 Å². The molecule has 1 heterocycles. The maximum Gasteiger partial charge on any atom is 0.278 e. The first kappa shape index (κ1) is 13.0. The number of nitrogens with zero attached hydrogens (tertiary/aromatic N) is 2. The second-order valence-corrected chi connectivity index (χ2v) is 4.27. The molecule has 5 nitrogen and oxygen atoms in total. The Bertz CT molecular complexity index is 404. The summed E-state index contributed by atoms with van der Waals surface area (Å²) in [4.78, 5) is 15.4. The molecule has 0 aliphatic heterocycles. The van der Waals surface area contributed by atoms with Crippen LogP contribution >= 0.6 is 11.6 Å². The topological polar surface area (TPSA) is 70.1 Å². The molecule has 0 unspecified atom stereocenters. The van der Waals surface area contributed by atoms with Gasteiger partial charge in [0.05, 0.1) is 19.5 Å². The van der Waals surface area contributed by atoms with E-state index in [2.05, 4.69) is 18.8 Å². The summed E-state index contributed by atoms with van der Waals surface area (Å²) in [6, 6.07) is 0. The van der Waals surface area contributed by atoms with E-state index in [1.54, 1.807) is 0 Å². The molecule has 0 aliphatic carbocycles. The third-order valence-electron chi connectivity index (χ3n) is 1.95. The van der Waals surface area contributed by atoms with Crippen molar-refractivity contribution in [2.75, 3.05) is 18.9 Å². The molecule has 0 atom stereocenters. The Morgan fingerprint density at radius 3 is 2.94 bits per heavy atom. The van der Waals surface area contributed by atoms with Gasteiger partial charge < -0.3 is 10.5 Å². The van der Waals surface area contributed by atoms with Crippen molar-refractivity contribution in [1.29, 1.82) is 0 Å². The Balaban J connectivity index is 2.55. The van der Waals surface area contributed by atoms with E-state index in [1.807, 2.05) is 0 Å². The van der Waals surface area contributed by atoms with Gasteiger partial charge in [0.2, 0.25) is 0 Å². The maximum absolute atomic E-state index is 11.6. The lowest BCUT2D eigenvalue weighted by Crippen LogP contribution is -2.25. The van der Waals surface area contributed by atoms with E-state index in [4.69, 9.17) is 22.1 Å².